The quantitative estimate of drug-likeness (QED) is 0.722. The number of carbonyl (C=O) groups excluding carboxylic acids is 1. The molecule has 1 amide bonds. The standard InChI is InChI=1S/C19H30N4O3S/c1-21(27(2,25)26)14-19(24)23-12-16-10-22(11-17(16)13-23)9-8-18(20)15-6-4-3-5-7-15/h3-7,16-18H,8-14,20H2,1-2H3/t16?,17?,18-/m0/s1. The highest BCUT2D eigenvalue weighted by molar-refractivity contribution is 7.88. The number of rotatable bonds is 7. The van der Waals surface area contributed by atoms with Crippen LogP contribution in [0.4, 0.5) is 0 Å². The smallest absolute Gasteiger partial charge is 0.237 e. The molecule has 8 heteroatoms. The molecule has 2 fully saturated rings. The molecule has 2 N–H and O–H groups in total. The number of nitrogens with zero attached hydrogens (tertiary/aromatic N) is 3. The topological polar surface area (TPSA) is 86.9 Å². The zero-order valence-corrected chi connectivity index (χ0v) is 16.9. The summed E-state index contributed by atoms with van der Waals surface area (Å²) in [7, 11) is -1.88. The lowest BCUT2D eigenvalue weighted by Crippen LogP contribution is -2.41. The molecule has 2 saturated heterocycles. The molecule has 0 spiro atoms. The van der Waals surface area contributed by atoms with E-state index in [1.165, 1.54) is 12.6 Å². The first-order valence-electron chi connectivity index (χ1n) is 9.46. The Bertz CT molecular complexity index is 741. The van der Waals surface area contributed by atoms with Crippen molar-refractivity contribution in [1.82, 2.24) is 14.1 Å². The van der Waals surface area contributed by atoms with E-state index in [1.54, 1.807) is 0 Å². The van der Waals surface area contributed by atoms with E-state index < -0.39 is 10.0 Å². The number of hydrogen-bond acceptors (Lipinski definition) is 5. The fourth-order valence-electron chi connectivity index (χ4n) is 4.07. The largest absolute Gasteiger partial charge is 0.341 e. The van der Waals surface area contributed by atoms with Crippen LogP contribution in [0.25, 0.3) is 0 Å². The number of amides is 1. The molecule has 150 valence electrons. The highest BCUT2D eigenvalue weighted by Crippen LogP contribution is 2.31. The van der Waals surface area contributed by atoms with Crippen molar-refractivity contribution in [2.24, 2.45) is 17.6 Å². The second kappa shape index (κ2) is 8.26. The third kappa shape index (κ3) is 5.07. The van der Waals surface area contributed by atoms with Gasteiger partial charge in [0.05, 0.1) is 12.8 Å². The lowest BCUT2D eigenvalue weighted by Gasteiger charge is -2.24. The highest BCUT2D eigenvalue weighted by atomic mass is 32.2. The second-order valence-electron chi connectivity index (χ2n) is 7.90. The van der Waals surface area contributed by atoms with Gasteiger partial charge in [-0.2, -0.15) is 4.31 Å². The average Bonchev–Trinajstić information content (AvgIpc) is 3.18. The van der Waals surface area contributed by atoms with E-state index in [0.717, 1.165) is 49.7 Å². The average molecular weight is 395 g/mol. The fraction of sp³-hybridized carbons (Fsp3) is 0.632. The van der Waals surface area contributed by atoms with Gasteiger partial charge in [0.2, 0.25) is 15.9 Å². The first-order chi connectivity index (χ1) is 12.7. The summed E-state index contributed by atoms with van der Waals surface area (Å²) in [6.07, 6.45) is 2.04. The Labute approximate surface area is 162 Å². The van der Waals surface area contributed by atoms with Crippen molar-refractivity contribution in [2.75, 3.05) is 52.6 Å². The van der Waals surface area contributed by atoms with Crippen LogP contribution in [0, 0.1) is 11.8 Å². The maximum atomic E-state index is 12.4. The van der Waals surface area contributed by atoms with E-state index in [2.05, 4.69) is 17.0 Å². The van der Waals surface area contributed by atoms with Crippen molar-refractivity contribution < 1.29 is 13.2 Å². The van der Waals surface area contributed by atoms with Crippen molar-refractivity contribution in [3.8, 4) is 0 Å². The summed E-state index contributed by atoms with van der Waals surface area (Å²) >= 11 is 0. The minimum absolute atomic E-state index is 0.0521. The van der Waals surface area contributed by atoms with Gasteiger partial charge in [0.15, 0.2) is 0 Å². The van der Waals surface area contributed by atoms with Gasteiger partial charge in [-0.15, -0.1) is 0 Å². The van der Waals surface area contributed by atoms with Crippen molar-refractivity contribution in [3.05, 3.63) is 35.9 Å². The molecule has 1 aromatic rings. The molecule has 2 aliphatic rings. The number of likely N-dealkylation sites (tertiary alicyclic amines) is 2. The van der Waals surface area contributed by atoms with Crippen LogP contribution in [0.3, 0.4) is 0 Å². The van der Waals surface area contributed by atoms with Crippen molar-refractivity contribution in [3.63, 3.8) is 0 Å². The monoisotopic (exact) mass is 394 g/mol. The van der Waals surface area contributed by atoms with Crippen LogP contribution in [-0.2, 0) is 14.8 Å². The zero-order valence-electron chi connectivity index (χ0n) is 16.1. The number of nitrogens with two attached hydrogens (primary N) is 1. The molecule has 2 aliphatic heterocycles. The van der Waals surface area contributed by atoms with Gasteiger partial charge < -0.3 is 15.5 Å². The van der Waals surface area contributed by atoms with E-state index >= 15 is 0 Å². The number of fused-ring (bicyclic) bond motifs is 1. The van der Waals surface area contributed by atoms with Gasteiger partial charge in [0.25, 0.3) is 0 Å². The Balaban J connectivity index is 1.44. The predicted octanol–water partition coefficient (Wildman–Crippen LogP) is 0.358. The minimum atomic E-state index is -3.33. The number of benzene rings is 1. The normalized spacial score (nSPS) is 24.4. The fourth-order valence-corrected chi connectivity index (χ4v) is 4.42. The molecule has 0 radical (unpaired) electrons. The van der Waals surface area contributed by atoms with Gasteiger partial charge in [-0.25, -0.2) is 8.42 Å². The Morgan fingerprint density at radius 3 is 2.33 bits per heavy atom. The summed E-state index contributed by atoms with van der Waals surface area (Å²) < 4.78 is 24.1. The zero-order chi connectivity index (χ0) is 19.6. The number of sulfonamides is 1. The molecule has 1 aromatic carbocycles. The molecule has 3 atom stereocenters. The third-order valence-electron chi connectivity index (χ3n) is 5.82. The molecule has 0 bridgehead atoms. The van der Waals surface area contributed by atoms with E-state index in [-0.39, 0.29) is 18.5 Å². The van der Waals surface area contributed by atoms with Crippen LogP contribution in [0.15, 0.2) is 30.3 Å². The Kier molecular flexibility index (Phi) is 6.20. The summed E-state index contributed by atoms with van der Waals surface area (Å²) in [5, 5.41) is 0. The molecule has 2 heterocycles. The molecule has 27 heavy (non-hydrogen) atoms. The molecule has 7 nitrogen and oxygen atoms in total. The van der Waals surface area contributed by atoms with E-state index in [1.807, 2.05) is 23.1 Å². The summed E-state index contributed by atoms with van der Waals surface area (Å²) in [5.41, 5.74) is 7.47. The Hall–Kier alpha value is -1.48. The van der Waals surface area contributed by atoms with Gasteiger partial charge in [0.1, 0.15) is 0 Å². The minimum Gasteiger partial charge on any atom is -0.341 e. The van der Waals surface area contributed by atoms with Crippen molar-refractivity contribution in [2.45, 2.75) is 12.5 Å². The van der Waals surface area contributed by atoms with Gasteiger partial charge in [-0.3, -0.25) is 4.79 Å². The summed E-state index contributed by atoms with van der Waals surface area (Å²) in [6, 6.07) is 10.2. The van der Waals surface area contributed by atoms with Gasteiger partial charge >= 0.3 is 0 Å². The number of hydrogen-bond donors (Lipinski definition) is 1. The van der Waals surface area contributed by atoms with Gasteiger partial charge in [-0.05, 0) is 30.4 Å². The first-order valence-corrected chi connectivity index (χ1v) is 11.3. The summed E-state index contributed by atoms with van der Waals surface area (Å²) in [4.78, 5) is 16.6. The predicted molar refractivity (Wildman–Crippen MR) is 105 cm³/mol. The van der Waals surface area contributed by atoms with Crippen LogP contribution in [0.5, 0.6) is 0 Å². The van der Waals surface area contributed by atoms with Crippen molar-refractivity contribution in [1.29, 1.82) is 0 Å². The van der Waals surface area contributed by atoms with E-state index in [4.69, 9.17) is 5.73 Å². The SMILES string of the molecule is CN(CC(=O)N1CC2CN(CC[C@H](N)c3ccccc3)CC2C1)S(C)(=O)=O. The number of carbonyl (C=O) groups is 1. The van der Waals surface area contributed by atoms with Crippen LogP contribution < -0.4 is 5.73 Å². The molecular weight excluding hydrogens is 364 g/mol. The summed E-state index contributed by atoms with van der Waals surface area (Å²) in [6.45, 7) is 4.31. The Morgan fingerprint density at radius 2 is 1.78 bits per heavy atom. The summed E-state index contributed by atoms with van der Waals surface area (Å²) in [5.74, 6) is 0.853. The molecule has 0 aromatic heterocycles. The molecule has 0 aliphatic carbocycles. The van der Waals surface area contributed by atoms with E-state index in [9.17, 15) is 13.2 Å². The van der Waals surface area contributed by atoms with Crippen LogP contribution in [0.2, 0.25) is 0 Å². The van der Waals surface area contributed by atoms with Crippen LogP contribution >= 0.6 is 0 Å². The highest BCUT2D eigenvalue weighted by Gasteiger charge is 2.41. The molecule has 0 saturated carbocycles. The number of likely N-dealkylation sites (N-methyl/N-ethyl adjacent to an activating group) is 1. The Morgan fingerprint density at radius 1 is 1.19 bits per heavy atom. The third-order valence-corrected chi connectivity index (χ3v) is 7.08. The molecule has 2 unspecified atom stereocenters. The van der Waals surface area contributed by atoms with Gasteiger partial charge in [-0.1, -0.05) is 30.3 Å². The molecule has 3 rings (SSSR count). The van der Waals surface area contributed by atoms with Crippen LogP contribution in [-0.4, -0.2) is 81.0 Å². The first kappa shape index (κ1) is 20.3. The molecular formula is C19H30N4O3S. The second-order valence-corrected chi connectivity index (χ2v) is 9.99. The van der Waals surface area contributed by atoms with Crippen molar-refractivity contribution >= 4 is 15.9 Å². The maximum absolute atomic E-state index is 12.4. The lowest BCUT2D eigenvalue weighted by molar-refractivity contribution is -0.130. The maximum Gasteiger partial charge on any atom is 0.237 e. The van der Waals surface area contributed by atoms with Crippen LogP contribution in [0.1, 0.15) is 18.0 Å². The van der Waals surface area contributed by atoms with Gasteiger partial charge in [0, 0.05) is 39.3 Å². The lowest BCUT2D eigenvalue weighted by atomic mass is 10.0. The van der Waals surface area contributed by atoms with E-state index in [0.29, 0.717) is 11.8 Å².